The smallest absolute Gasteiger partial charge is 0.162 e. The molecular weight excluding hydrogens is 230 g/mol. The van der Waals surface area contributed by atoms with Crippen LogP contribution in [-0.2, 0) is 14.9 Å². The van der Waals surface area contributed by atoms with Gasteiger partial charge in [0, 0.05) is 18.5 Å². The Morgan fingerprint density at radius 2 is 2.06 bits per heavy atom. The summed E-state index contributed by atoms with van der Waals surface area (Å²) in [7, 11) is 1.86. The second kappa shape index (κ2) is 5.20. The van der Waals surface area contributed by atoms with Crippen LogP contribution in [0.2, 0.25) is 0 Å². The van der Waals surface area contributed by atoms with Crippen LogP contribution in [0.5, 0.6) is 0 Å². The summed E-state index contributed by atoms with van der Waals surface area (Å²) in [5, 5.41) is 3.07. The van der Waals surface area contributed by atoms with E-state index in [2.05, 4.69) is 36.1 Å². The predicted octanol–water partition coefficient (Wildman–Crippen LogP) is 1.90. The number of nitrogens with zero attached hydrogens (tertiary/aromatic N) is 2. The van der Waals surface area contributed by atoms with E-state index in [4.69, 9.17) is 9.47 Å². The Bertz CT molecular complexity index is 409. The van der Waals surface area contributed by atoms with E-state index in [0.29, 0.717) is 25.6 Å². The Labute approximate surface area is 108 Å². The van der Waals surface area contributed by atoms with Crippen LogP contribution in [-0.4, -0.2) is 36.8 Å². The maximum absolute atomic E-state index is 5.65. The van der Waals surface area contributed by atoms with Crippen LogP contribution in [0.15, 0.2) is 6.07 Å². The van der Waals surface area contributed by atoms with E-state index >= 15 is 0 Å². The van der Waals surface area contributed by atoms with Gasteiger partial charge in [-0.15, -0.1) is 0 Å². The zero-order chi connectivity index (χ0) is 13.2. The second-order valence-electron chi connectivity index (χ2n) is 5.43. The van der Waals surface area contributed by atoms with Crippen LogP contribution in [0.3, 0.4) is 0 Å². The Balaban J connectivity index is 2.34. The average Bonchev–Trinajstić information content (AvgIpc) is 2.38. The first-order chi connectivity index (χ1) is 8.50. The van der Waals surface area contributed by atoms with Gasteiger partial charge in [0.05, 0.1) is 25.5 Å². The number of hydrogen-bond donors (Lipinski definition) is 1. The molecule has 2 heterocycles. The summed E-state index contributed by atoms with van der Waals surface area (Å²) >= 11 is 0. The van der Waals surface area contributed by atoms with Gasteiger partial charge in [-0.05, 0) is 0 Å². The summed E-state index contributed by atoms with van der Waals surface area (Å²) in [6.07, 6.45) is -0.159. The number of rotatable bonds is 2. The van der Waals surface area contributed by atoms with Crippen molar-refractivity contribution >= 4 is 5.82 Å². The largest absolute Gasteiger partial charge is 0.376 e. The fourth-order valence-corrected chi connectivity index (χ4v) is 1.76. The molecule has 100 valence electrons. The Hall–Kier alpha value is -1.20. The van der Waals surface area contributed by atoms with Gasteiger partial charge >= 0.3 is 0 Å². The summed E-state index contributed by atoms with van der Waals surface area (Å²) in [5.41, 5.74) is 0.991. The maximum Gasteiger partial charge on any atom is 0.162 e. The van der Waals surface area contributed by atoms with Gasteiger partial charge in [-0.1, -0.05) is 20.8 Å². The van der Waals surface area contributed by atoms with Gasteiger partial charge in [0.25, 0.3) is 0 Å². The number of anilines is 1. The minimum Gasteiger partial charge on any atom is -0.376 e. The normalized spacial score (nSPS) is 20.8. The van der Waals surface area contributed by atoms with Gasteiger partial charge in [-0.25, -0.2) is 9.97 Å². The van der Waals surface area contributed by atoms with Crippen molar-refractivity contribution in [3.63, 3.8) is 0 Å². The van der Waals surface area contributed by atoms with Crippen LogP contribution in [0.4, 0.5) is 5.82 Å². The molecule has 5 nitrogen and oxygen atoms in total. The van der Waals surface area contributed by atoms with Crippen molar-refractivity contribution in [1.29, 1.82) is 0 Å². The van der Waals surface area contributed by atoms with Crippen LogP contribution < -0.4 is 5.32 Å². The molecule has 1 aliphatic heterocycles. The van der Waals surface area contributed by atoms with Crippen molar-refractivity contribution in [1.82, 2.24) is 9.97 Å². The lowest BCUT2D eigenvalue weighted by atomic mass is 9.92. The molecule has 0 spiro atoms. The molecule has 1 N–H and O–H groups in total. The van der Waals surface area contributed by atoms with Crippen molar-refractivity contribution in [3.8, 4) is 0 Å². The molecule has 0 radical (unpaired) electrons. The summed E-state index contributed by atoms with van der Waals surface area (Å²) in [5.74, 6) is 1.52. The lowest BCUT2D eigenvalue weighted by molar-refractivity contribution is -0.0935. The fraction of sp³-hybridized carbons (Fsp3) is 0.692. The van der Waals surface area contributed by atoms with Crippen molar-refractivity contribution < 1.29 is 9.47 Å². The molecule has 1 aliphatic rings. The average molecular weight is 251 g/mol. The molecule has 0 aromatic carbocycles. The molecular formula is C13H21N3O2. The number of nitrogens with one attached hydrogen (secondary N) is 1. The summed E-state index contributed by atoms with van der Waals surface area (Å²) < 4.78 is 11.1. The molecule has 2 rings (SSSR count). The molecule has 0 saturated carbocycles. The van der Waals surface area contributed by atoms with E-state index in [1.165, 1.54) is 0 Å². The summed E-state index contributed by atoms with van der Waals surface area (Å²) in [4.78, 5) is 9.08. The third kappa shape index (κ3) is 2.97. The van der Waals surface area contributed by atoms with E-state index in [1.54, 1.807) is 0 Å². The lowest BCUT2D eigenvalue weighted by Gasteiger charge is -2.24. The Morgan fingerprint density at radius 1 is 1.28 bits per heavy atom. The lowest BCUT2D eigenvalue weighted by Crippen LogP contribution is -2.25. The Kier molecular flexibility index (Phi) is 3.82. The van der Waals surface area contributed by atoms with Crippen molar-refractivity contribution in [2.45, 2.75) is 32.3 Å². The molecule has 1 saturated heterocycles. The topological polar surface area (TPSA) is 56.3 Å². The fourth-order valence-electron chi connectivity index (χ4n) is 1.76. The van der Waals surface area contributed by atoms with Crippen molar-refractivity contribution in [3.05, 3.63) is 17.6 Å². The van der Waals surface area contributed by atoms with Gasteiger partial charge < -0.3 is 14.8 Å². The van der Waals surface area contributed by atoms with Gasteiger partial charge in [0.2, 0.25) is 0 Å². The highest BCUT2D eigenvalue weighted by molar-refractivity contribution is 5.37. The third-order valence-corrected chi connectivity index (χ3v) is 2.87. The molecule has 1 fully saturated rings. The SMILES string of the molecule is CNc1cc(C(C)(C)C)nc(C2COCCO2)n1. The van der Waals surface area contributed by atoms with Crippen LogP contribution in [0.1, 0.15) is 38.4 Å². The number of aromatic nitrogens is 2. The van der Waals surface area contributed by atoms with E-state index in [9.17, 15) is 0 Å². The van der Waals surface area contributed by atoms with Gasteiger partial charge in [0.1, 0.15) is 11.9 Å². The van der Waals surface area contributed by atoms with E-state index < -0.39 is 0 Å². The standard InChI is InChI=1S/C13H21N3O2/c1-13(2,3)10-7-11(14-4)16-12(15-10)9-8-17-5-6-18-9/h7,9H,5-6,8H2,1-4H3,(H,14,15,16). The first kappa shape index (κ1) is 13.2. The third-order valence-electron chi connectivity index (χ3n) is 2.87. The van der Waals surface area contributed by atoms with Crippen molar-refractivity contribution in [2.75, 3.05) is 32.2 Å². The molecule has 0 amide bonds. The molecule has 1 aromatic rings. The van der Waals surface area contributed by atoms with E-state index in [0.717, 1.165) is 11.5 Å². The number of ether oxygens (including phenoxy) is 2. The highest BCUT2D eigenvalue weighted by Crippen LogP contribution is 2.25. The molecule has 5 heteroatoms. The molecule has 0 aliphatic carbocycles. The number of hydrogen-bond acceptors (Lipinski definition) is 5. The van der Waals surface area contributed by atoms with Gasteiger partial charge in [-0.2, -0.15) is 0 Å². The van der Waals surface area contributed by atoms with Crippen molar-refractivity contribution in [2.24, 2.45) is 0 Å². The van der Waals surface area contributed by atoms with Crippen LogP contribution in [0, 0.1) is 0 Å². The minimum atomic E-state index is -0.159. The molecule has 1 aromatic heterocycles. The van der Waals surface area contributed by atoms with E-state index in [-0.39, 0.29) is 11.5 Å². The first-order valence-corrected chi connectivity index (χ1v) is 6.27. The Morgan fingerprint density at radius 3 is 2.61 bits per heavy atom. The zero-order valence-corrected chi connectivity index (χ0v) is 11.5. The van der Waals surface area contributed by atoms with Crippen LogP contribution in [0.25, 0.3) is 0 Å². The van der Waals surface area contributed by atoms with E-state index in [1.807, 2.05) is 13.1 Å². The molecule has 0 bridgehead atoms. The van der Waals surface area contributed by atoms with Gasteiger partial charge in [0.15, 0.2) is 5.82 Å². The molecule has 1 atom stereocenters. The quantitative estimate of drug-likeness (QED) is 0.870. The highest BCUT2D eigenvalue weighted by atomic mass is 16.6. The van der Waals surface area contributed by atoms with Gasteiger partial charge in [-0.3, -0.25) is 0 Å². The van der Waals surface area contributed by atoms with Crippen LogP contribution >= 0.6 is 0 Å². The highest BCUT2D eigenvalue weighted by Gasteiger charge is 2.24. The summed E-state index contributed by atoms with van der Waals surface area (Å²) in [6.45, 7) is 8.18. The first-order valence-electron chi connectivity index (χ1n) is 6.27. The molecule has 1 unspecified atom stereocenters. The zero-order valence-electron chi connectivity index (χ0n) is 11.5. The maximum atomic E-state index is 5.65. The minimum absolute atomic E-state index is 0.0151. The predicted molar refractivity (Wildman–Crippen MR) is 69.8 cm³/mol. The monoisotopic (exact) mass is 251 g/mol. The second-order valence-corrected chi connectivity index (χ2v) is 5.43. The molecule has 18 heavy (non-hydrogen) atoms. The summed E-state index contributed by atoms with van der Waals surface area (Å²) in [6, 6.07) is 1.98.